The van der Waals surface area contributed by atoms with Gasteiger partial charge in [-0.25, -0.2) is 4.79 Å². The first-order valence-corrected chi connectivity index (χ1v) is 6.42. The number of rotatable bonds is 5. The highest BCUT2D eigenvalue weighted by Gasteiger charge is 2.08. The average molecular weight is 281 g/mol. The minimum absolute atomic E-state index is 0.137. The normalized spacial score (nSPS) is 9.48. The van der Waals surface area contributed by atoms with E-state index >= 15 is 0 Å². The molecule has 0 aromatic heterocycles. The number of nitrogens with one attached hydrogen (secondary N) is 1. The molecular formula is C17H15NO3. The number of ether oxygens (including phenoxy) is 2. The van der Waals surface area contributed by atoms with Gasteiger partial charge in [-0.2, -0.15) is 0 Å². The summed E-state index contributed by atoms with van der Waals surface area (Å²) in [6.45, 7) is 0.345. The molecule has 0 unspecified atom stereocenters. The largest absolute Gasteiger partial charge is 0.479 e. The Kier molecular flexibility index (Phi) is 5.25. The Labute approximate surface area is 123 Å². The van der Waals surface area contributed by atoms with E-state index in [1.165, 1.54) is 0 Å². The van der Waals surface area contributed by atoms with Gasteiger partial charge in [-0.05, 0) is 17.7 Å². The highest BCUT2D eigenvalue weighted by atomic mass is 16.5. The lowest BCUT2D eigenvalue weighted by atomic mass is 10.2. The fourth-order valence-corrected chi connectivity index (χ4v) is 1.68. The number of terminal acetylenes is 1. The van der Waals surface area contributed by atoms with Gasteiger partial charge in [0.05, 0.1) is 5.69 Å². The van der Waals surface area contributed by atoms with Crippen molar-refractivity contribution in [2.75, 3.05) is 11.9 Å². The second kappa shape index (κ2) is 7.61. The van der Waals surface area contributed by atoms with Crippen LogP contribution in [0.4, 0.5) is 10.5 Å². The molecule has 0 atom stereocenters. The summed E-state index contributed by atoms with van der Waals surface area (Å²) in [7, 11) is 0. The number of hydrogen-bond acceptors (Lipinski definition) is 3. The molecule has 4 heteroatoms. The van der Waals surface area contributed by atoms with E-state index in [0.717, 1.165) is 5.56 Å². The minimum atomic E-state index is -0.546. The van der Waals surface area contributed by atoms with E-state index in [1.54, 1.807) is 24.3 Å². The van der Waals surface area contributed by atoms with Crippen molar-refractivity contribution in [2.24, 2.45) is 0 Å². The van der Waals surface area contributed by atoms with Crippen LogP contribution < -0.4 is 10.1 Å². The van der Waals surface area contributed by atoms with Crippen LogP contribution in [0.15, 0.2) is 54.6 Å². The van der Waals surface area contributed by atoms with Crippen LogP contribution in [0.2, 0.25) is 0 Å². The fourth-order valence-electron chi connectivity index (χ4n) is 1.68. The number of carbonyl (C=O) groups is 1. The smallest absolute Gasteiger partial charge is 0.412 e. The number of benzene rings is 2. The third-order valence-corrected chi connectivity index (χ3v) is 2.65. The highest BCUT2D eigenvalue weighted by molar-refractivity contribution is 5.86. The van der Waals surface area contributed by atoms with Crippen molar-refractivity contribution >= 4 is 11.8 Å². The van der Waals surface area contributed by atoms with Crippen LogP contribution in [0.1, 0.15) is 5.56 Å². The molecule has 1 amide bonds. The summed E-state index contributed by atoms with van der Waals surface area (Å²) in [5.41, 5.74) is 1.44. The molecule has 0 spiro atoms. The molecule has 2 rings (SSSR count). The maximum absolute atomic E-state index is 11.8. The van der Waals surface area contributed by atoms with Gasteiger partial charge in [-0.1, -0.05) is 48.4 Å². The summed E-state index contributed by atoms with van der Waals surface area (Å²) in [6.07, 6.45) is 4.61. The fraction of sp³-hybridized carbons (Fsp3) is 0.118. The first-order chi connectivity index (χ1) is 10.3. The zero-order valence-corrected chi connectivity index (χ0v) is 11.4. The van der Waals surface area contributed by atoms with Crippen molar-refractivity contribution in [1.29, 1.82) is 0 Å². The molecule has 2 aromatic rings. The molecular weight excluding hydrogens is 266 g/mol. The first-order valence-electron chi connectivity index (χ1n) is 6.42. The van der Waals surface area contributed by atoms with E-state index < -0.39 is 6.09 Å². The summed E-state index contributed by atoms with van der Waals surface area (Å²) >= 11 is 0. The molecule has 0 aliphatic rings. The molecule has 1 N–H and O–H groups in total. The van der Waals surface area contributed by atoms with Crippen molar-refractivity contribution in [3.63, 3.8) is 0 Å². The molecule has 0 aliphatic carbocycles. The SMILES string of the molecule is C#CCOc1ccccc1NC(=O)OCc1ccccc1. The molecule has 0 fully saturated rings. The molecule has 0 saturated carbocycles. The monoisotopic (exact) mass is 281 g/mol. The molecule has 0 saturated heterocycles. The van der Waals surface area contributed by atoms with Crippen molar-refractivity contribution in [1.82, 2.24) is 0 Å². The molecule has 0 aliphatic heterocycles. The Morgan fingerprint density at radius 2 is 1.81 bits per heavy atom. The summed E-state index contributed by atoms with van der Waals surface area (Å²) < 4.78 is 10.5. The number of anilines is 1. The number of para-hydroxylation sites is 2. The van der Waals surface area contributed by atoms with Gasteiger partial charge in [0.25, 0.3) is 0 Å². The van der Waals surface area contributed by atoms with Crippen molar-refractivity contribution < 1.29 is 14.3 Å². The Balaban J connectivity index is 1.92. The van der Waals surface area contributed by atoms with Gasteiger partial charge >= 0.3 is 6.09 Å². The standard InChI is InChI=1S/C17H15NO3/c1-2-12-20-16-11-7-6-10-15(16)18-17(19)21-13-14-8-4-3-5-9-14/h1,3-11H,12-13H2,(H,18,19). The number of carbonyl (C=O) groups excluding carboxylic acids is 1. The molecule has 4 nitrogen and oxygen atoms in total. The predicted octanol–water partition coefficient (Wildman–Crippen LogP) is 3.45. The van der Waals surface area contributed by atoms with E-state index in [0.29, 0.717) is 11.4 Å². The van der Waals surface area contributed by atoms with Crippen LogP contribution in [-0.4, -0.2) is 12.7 Å². The quantitative estimate of drug-likeness (QED) is 0.854. The number of amides is 1. The van der Waals surface area contributed by atoms with Gasteiger partial charge < -0.3 is 9.47 Å². The van der Waals surface area contributed by atoms with Crippen LogP contribution in [0.5, 0.6) is 5.75 Å². The molecule has 106 valence electrons. The van der Waals surface area contributed by atoms with Gasteiger partial charge in [0.2, 0.25) is 0 Å². The van der Waals surface area contributed by atoms with Gasteiger partial charge in [0.15, 0.2) is 0 Å². The maximum atomic E-state index is 11.8. The zero-order chi connectivity index (χ0) is 14.9. The topological polar surface area (TPSA) is 47.6 Å². The van der Waals surface area contributed by atoms with Gasteiger partial charge in [0.1, 0.15) is 19.0 Å². The molecule has 0 heterocycles. The second-order valence-electron chi connectivity index (χ2n) is 4.18. The Bertz CT molecular complexity index is 632. The average Bonchev–Trinajstić information content (AvgIpc) is 2.53. The molecule has 2 aromatic carbocycles. The van der Waals surface area contributed by atoms with E-state index in [1.807, 2.05) is 30.3 Å². The third kappa shape index (κ3) is 4.59. The lowest BCUT2D eigenvalue weighted by Gasteiger charge is -2.11. The first kappa shape index (κ1) is 14.5. The van der Waals surface area contributed by atoms with Crippen LogP contribution in [0.3, 0.4) is 0 Å². The summed E-state index contributed by atoms with van der Waals surface area (Å²) in [5.74, 6) is 2.88. The number of hydrogen-bond donors (Lipinski definition) is 1. The summed E-state index contributed by atoms with van der Waals surface area (Å²) in [4.78, 5) is 11.8. The van der Waals surface area contributed by atoms with E-state index in [4.69, 9.17) is 15.9 Å². The van der Waals surface area contributed by atoms with Gasteiger partial charge in [0, 0.05) is 0 Å². The predicted molar refractivity (Wildman–Crippen MR) is 81.0 cm³/mol. The zero-order valence-electron chi connectivity index (χ0n) is 11.4. The lowest BCUT2D eigenvalue weighted by molar-refractivity contribution is 0.155. The molecule has 0 bridgehead atoms. The van der Waals surface area contributed by atoms with Gasteiger partial charge in [-0.3, -0.25) is 5.32 Å². The van der Waals surface area contributed by atoms with Crippen molar-refractivity contribution in [3.8, 4) is 18.1 Å². The molecule has 0 radical (unpaired) electrons. The summed E-state index contributed by atoms with van der Waals surface area (Å²) in [5, 5.41) is 2.63. The Hall–Kier alpha value is -2.93. The van der Waals surface area contributed by atoms with Crippen LogP contribution in [-0.2, 0) is 11.3 Å². The maximum Gasteiger partial charge on any atom is 0.412 e. The lowest BCUT2D eigenvalue weighted by Crippen LogP contribution is -2.14. The third-order valence-electron chi connectivity index (χ3n) is 2.65. The summed E-state index contributed by atoms with van der Waals surface area (Å²) in [6, 6.07) is 16.5. The van der Waals surface area contributed by atoms with Crippen molar-refractivity contribution in [2.45, 2.75) is 6.61 Å². The Morgan fingerprint density at radius 3 is 2.57 bits per heavy atom. The van der Waals surface area contributed by atoms with E-state index in [2.05, 4.69) is 11.2 Å². The van der Waals surface area contributed by atoms with Crippen LogP contribution in [0, 0.1) is 12.3 Å². The minimum Gasteiger partial charge on any atom is -0.479 e. The van der Waals surface area contributed by atoms with Crippen LogP contribution >= 0.6 is 0 Å². The van der Waals surface area contributed by atoms with Gasteiger partial charge in [-0.15, -0.1) is 6.42 Å². The Morgan fingerprint density at radius 1 is 1.10 bits per heavy atom. The van der Waals surface area contributed by atoms with E-state index in [-0.39, 0.29) is 13.2 Å². The van der Waals surface area contributed by atoms with E-state index in [9.17, 15) is 4.79 Å². The second-order valence-corrected chi connectivity index (χ2v) is 4.18. The van der Waals surface area contributed by atoms with Crippen molar-refractivity contribution in [3.05, 3.63) is 60.2 Å². The molecule has 21 heavy (non-hydrogen) atoms. The highest BCUT2D eigenvalue weighted by Crippen LogP contribution is 2.23. The van der Waals surface area contributed by atoms with Crippen LogP contribution in [0.25, 0.3) is 0 Å².